The second-order valence-corrected chi connectivity index (χ2v) is 3.38. The molecule has 1 aliphatic rings. The van der Waals surface area contributed by atoms with Crippen LogP contribution in [0.5, 0.6) is 0 Å². The maximum Gasteiger partial charge on any atom is 0.228 e. The fourth-order valence-corrected chi connectivity index (χ4v) is 0.953. The van der Waals surface area contributed by atoms with E-state index in [0.29, 0.717) is 0 Å². The van der Waals surface area contributed by atoms with E-state index in [1.807, 2.05) is 12.2 Å². The van der Waals surface area contributed by atoms with Crippen LogP contribution in [0.25, 0.3) is 5.32 Å². The van der Waals surface area contributed by atoms with Crippen LogP contribution in [-0.4, -0.2) is 5.91 Å². The predicted octanol–water partition coefficient (Wildman–Crippen LogP) is 1.44. The van der Waals surface area contributed by atoms with Crippen LogP contribution in [0, 0.1) is 59.3 Å². The van der Waals surface area contributed by atoms with E-state index in [-0.39, 0.29) is 5.91 Å². The Kier molecular flexibility index (Phi) is 7.48. The molecule has 0 saturated heterocycles. The number of amides is 1. The van der Waals surface area contributed by atoms with Gasteiger partial charge in [-0.3, -0.25) is 10.1 Å². The quantitative estimate of drug-likeness (QED) is 0.525. The first kappa shape index (κ1) is 15.3. The molecular formula is C18H9N2O-. The highest BCUT2D eigenvalue weighted by Gasteiger charge is 1.80. The minimum atomic E-state index is -0.233. The van der Waals surface area contributed by atoms with Crippen LogP contribution in [-0.2, 0) is 4.79 Å². The van der Waals surface area contributed by atoms with E-state index in [1.54, 1.807) is 18.5 Å². The van der Waals surface area contributed by atoms with Crippen molar-refractivity contribution in [2.24, 2.45) is 0 Å². The summed E-state index contributed by atoms with van der Waals surface area (Å²) in [7, 11) is 0. The van der Waals surface area contributed by atoms with Crippen molar-refractivity contribution in [3.63, 3.8) is 0 Å². The fourth-order valence-electron chi connectivity index (χ4n) is 0.953. The Morgan fingerprint density at radius 1 is 1.00 bits per heavy atom. The van der Waals surface area contributed by atoms with Crippen LogP contribution in [0.1, 0.15) is 6.92 Å². The Morgan fingerprint density at radius 2 is 1.57 bits per heavy atom. The molecule has 0 aromatic carbocycles. The number of nitrogens with zero attached hydrogens (tertiary/aromatic N) is 1. The molecule has 1 N–H and O–H groups in total. The lowest BCUT2D eigenvalue weighted by Gasteiger charge is -2.11. The van der Waals surface area contributed by atoms with Gasteiger partial charge in [-0.15, -0.1) is 0 Å². The van der Waals surface area contributed by atoms with Gasteiger partial charge in [0.2, 0.25) is 5.91 Å². The second-order valence-electron chi connectivity index (χ2n) is 3.38. The van der Waals surface area contributed by atoms with Gasteiger partial charge in [0.15, 0.2) is 0 Å². The minimum absolute atomic E-state index is 0.233. The van der Waals surface area contributed by atoms with E-state index in [4.69, 9.17) is 0 Å². The molecule has 1 rings (SSSR count). The molecule has 0 bridgehead atoms. The first-order valence-electron chi connectivity index (χ1n) is 5.79. The Labute approximate surface area is 124 Å². The Hall–Kier alpha value is -3.71. The van der Waals surface area contributed by atoms with E-state index in [2.05, 4.69) is 70.0 Å². The van der Waals surface area contributed by atoms with Crippen LogP contribution in [0.4, 0.5) is 0 Å². The first-order chi connectivity index (χ1) is 10.3. The van der Waals surface area contributed by atoms with Gasteiger partial charge in [0, 0.05) is 36.6 Å². The zero-order valence-corrected chi connectivity index (χ0v) is 11.2. The maximum absolute atomic E-state index is 10.5. The molecule has 21 heavy (non-hydrogen) atoms. The Morgan fingerprint density at radius 3 is 2.19 bits per heavy atom. The summed E-state index contributed by atoms with van der Waals surface area (Å²) in [5, 5.41) is 6.18. The van der Waals surface area contributed by atoms with Crippen molar-refractivity contribution in [2.75, 3.05) is 0 Å². The van der Waals surface area contributed by atoms with Crippen LogP contribution in [0.2, 0.25) is 0 Å². The average molecular weight is 269 g/mol. The molecule has 0 fully saturated rings. The monoisotopic (exact) mass is 269 g/mol. The molecule has 0 unspecified atom stereocenters. The van der Waals surface area contributed by atoms with Gasteiger partial charge in [0.1, 0.15) is 0 Å². The third kappa shape index (κ3) is 8.94. The molecule has 0 spiro atoms. The van der Waals surface area contributed by atoms with Gasteiger partial charge in [-0.1, -0.05) is 18.1 Å². The Bertz CT molecular complexity index is 785. The van der Waals surface area contributed by atoms with Crippen LogP contribution in [0.15, 0.2) is 36.2 Å². The van der Waals surface area contributed by atoms with E-state index in [9.17, 15) is 4.79 Å². The predicted molar refractivity (Wildman–Crippen MR) is 82.4 cm³/mol. The molecule has 0 aromatic rings. The zero-order chi connectivity index (χ0) is 15.2. The molecule has 1 aliphatic heterocycles. The van der Waals surface area contributed by atoms with Gasteiger partial charge in [-0.05, 0) is 35.3 Å². The summed E-state index contributed by atoms with van der Waals surface area (Å²) in [5.74, 6) is 22.7. The molecule has 1 amide bonds. The summed E-state index contributed by atoms with van der Waals surface area (Å²) in [4.78, 5) is 10.5. The zero-order valence-electron chi connectivity index (χ0n) is 11.2. The van der Waals surface area contributed by atoms with Crippen LogP contribution >= 0.6 is 0 Å². The lowest BCUT2D eigenvalue weighted by Crippen LogP contribution is -2.11. The summed E-state index contributed by atoms with van der Waals surface area (Å²) in [6.45, 7) is 1.37. The number of carbonyl (C=O) groups excluding carboxylic acids is 1. The molecule has 0 radical (unpaired) electrons. The number of carbonyl (C=O) groups is 1. The number of allylic oxidation sites excluding steroid dienone is 4. The van der Waals surface area contributed by atoms with Crippen molar-refractivity contribution in [3.05, 3.63) is 41.5 Å². The lowest BCUT2D eigenvalue weighted by molar-refractivity contribution is -0.117. The van der Waals surface area contributed by atoms with E-state index in [0.717, 1.165) is 5.57 Å². The SMILES string of the molecule is CC(=O)NC#CC#CC#CC#CC#CC=C1C=C[N-]C=C1. The summed E-state index contributed by atoms with van der Waals surface area (Å²) in [5.41, 5.74) is 0.967. The first-order valence-corrected chi connectivity index (χ1v) is 5.79. The molecule has 98 valence electrons. The normalized spacial score (nSPS) is 9.29. The third-order valence-electron chi connectivity index (χ3n) is 1.76. The number of hydrogen-bond donors (Lipinski definition) is 1. The smallest absolute Gasteiger partial charge is 0.228 e. The standard InChI is InChI=1S/C18H9N2O/c1-17(21)20-14-10-8-6-4-2-3-5-7-9-11-18-12-15-19-16-13-18/h11-13,15-16H,1H3,(H,20,21)/q-1. The second kappa shape index (κ2) is 10.2. The average Bonchev–Trinajstić information content (AvgIpc) is 2.49. The highest BCUT2D eigenvalue weighted by atomic mass is 16.1. The van der Waals surface area contributed by atoms with Crippen LogP contribution < -0.4 is 5.32 Å². The highest BCUT2D eigenvalue weighted by Crippen LogP contribution is 2.08. The van der Waals surface area contributed by atoms with Crippen molar-refractivity contribution in [1.82, 2.24) is 5.32 Å². The molecule has 0 atom stereocenters. The van der Waals surface area contributed by atoms with Gasteiger partial charge in [-0.2, -0.15) is 12.4 Å². The molecule has 3 heteroatoms. The highest BCUT2D eigenvalue weighted by molar-refractivity contribution is 5.74. The van der Waals surface area contributed by atoms with Crippen molar-refractivity contribution in [2.45, 2.75) is 6.92 Å². The summed E-state index contributed by atoms with van der Waals surface area (Å²) in [6, 6.07) is 2.36. The largest absolute Gasteiger partial charge is 0.670 e. The summed E-state index contributed by atoms with van der Waals surface area (Å²) >= 11 is 0. The van der Waals surface area contributed by atoms with Gasteiger partial charge in [0.25, 0.3) is 0 Å². The van der Waals surface area contributed by atoms with Crippen molar-refractivity contribution >= 4 is 5.91 Å². The molecule has 0 aromatic heterocycles. The van der Waals surface area contributed by atoms with E-state index in [1.165, 1.54) is 6.92 Å². The van der Waals surface area contributed by atoms with E-state index < -0.39 is 0 Å². The molecule has 0 aliphatic carbocycles. The summed E-state index contributed by atoms with van der Waals surface area (Å²) < 4.78 is 0. The lowest BCUT2D eigenvalue weighted by atomic mass is 10.2. The molecular weight excluding hydrogens is 260 g/mol. The van der Waals surface area contributed by atoms with Gasteiger partial charge in [-0.25, -0.2) is 0 Å². The topological polar surface area (TPSA) is 43.2 Å². The van der Waals surface area contributed by atoms with Crippen LogP contribution in [0.3, 0.4) is 0 Å². The van der Waals surface area contributed by atoms with Crippen molar-refractivity contribution < 1.29 is 4.79 Å². The van der Waals surface area contributed by atoms with Crippen molar-refractivity contribution in [3.8, 4) is 59.3 Å². The maximum atomic E-state index is 10.5. The molecule has 1 heterocycles. The minimum Gasteiger partial charge on any atom is -0.670 e. The molecule has 3 nitrogen and oxygen atoms in total. The third-order valence-corrected chi connectivity index (χ3v) is 1.76. The Balaban J connectivity index is 2.42. The molecule has 0 saturated carbocycles. The van der Waals surface area contributed by atoms with E-state index >= 15 is 0 Å². The fraction of sp³-hybridized carbons (Fsp3) is 0.0556. The van der Waals surface area contributed by atoms with Crippen molar-refractivity contribution in [1.29, 1.82) is 0 Å². The number of rotatable bonds is 0. The van der Waals surface area contributed by atoms with Gasteiger partial charge >= 0.3 is 0 Å². The van der Waals surface area contributed by atoms with Gasteiger partial charge in [0.05, 0.1) is 0 Å². The number of nitrogens with one attached hydrogen (secondary N) is 1. The van der Waals surface area contributed by atoms with Gasteiger partial charge < -0.3 is 5.32 Å². The number of hydrogen-bond acceptors (Lipinski definition) is 1. The summed E-state index contributed by atoms with van der Waals surface area (Å²) in [6.07, 6.45) is 8.82.